The molecule has 7 heteroatoms. The summed E-state index contributed by atoms with van der Waals surface area (Å²) >= 11 is 2.59. The minimum absolute atomic E-state index is 0.0337. The zero-order valence-electron chi connectivity index (χ0n) is 7.73. The average molecular weight is 289 g/mol. The fraction of sp³-hybridized carbons (Fsp3) is 0.500. The molecule has 0 heterocycles. The topological polar surface area (TPSA) is 43.4 Å². The number of esters is 1. The first-order valence-corrected chi connectivity index (χ1v) is 4.59. The molecule has 0 aromatic rings. The number of Topliss-reactive ketones (excluding diaryl/α,β-unsaturated/α-hetero) is 1. The molecule has 0 saturated carbocycles. The van der Waals surface area contributed by atoms with Crippen LogP contribution in [0, 0.1) is 0 Å². The van der Waals surface area contributed by atoms with Crippen LogP contribution in [0.4, 0.5) is 13.2 Å². The molecule has 0 atom stereocenters. The number of hydrogen-bond donors (Lipinski definition) is 0. The van der Waals surface area contributed by atoms with E-state index in [0.29, 0.717) is 0 Å². The van der Waals surface area contributed by atoms with E-state index in [1.807, 2.05) is 0 Å². The van der Waals surface area contributed by atoms with Gasteiger partial charge in [0.1, 0.15) is 18.8 Å². The molecule has 0 amide bonds. The van der Waals surface area contributed by atoms with Gasteiger partial charge in [0, 0.05) is 10.6 Å². The summed E-state index contributed by atoms with van der Waals surface area (Å²) in [6.07, 6.45) is -4.94. The fourth-order valence-corrected chi connectivity index (χ4v) is 0.997. The van der Waals surface area contributed by atoms with E-state index in [9.17, 15) is 22.8 Å². The van der Waals surface area contributed by atoms with Crippen LogP contribution in [0.1, 0.15) is 13.3 Å². The lowest BCUT2D eigenvalue weighted by Crippen LogP contribution is -2.11. The number of halogens is 4. The first-order valence-electron chi connectivity index (χ1n) is 3.79. The third kappa shape index (κ3) is 9.45. The molecule has 0 N–H and O–H groups in total. The fourth-order valence-electron chi connectivity index (χ4n) is 0.623. The van der Waals surface area contributed by atoms with E-state index >= 15 is 0 Å². The van der Waals surface area contributed by atoms with E-state index in [1.165, 1.54) is 6.92 Å². The molecule has 0 aliphatic carbocycles. The Morgan fingerprint density at radius 1 is 1.40 bits per heavy atom. The third-order valence-electron chi connectivity index (χ3n) is 1.08. The maximum Gasteiger partial charge on any atom is 0.410 e. The molecule has 3 nitrogen and oxygen atoms in total. The lowest BCUT2D eigenvalue weighted by atomic mass is 10.3. The maximum absolute atomic E-state index is 11.7. The number of carbonyl (C=O) groups is 2. The van der Waals surface area contributed by atoms with E-state index in [-0.39, 0.29) is 10.6 Å². The highest BCUT2D eigenvalue weighted by molar-refractivity contribution is 9.11. The van der Waals surface area contributed by atoms with Crippen LogP contribution < -0.4 is 0 Å². The number of hydrogen-bond acceptors (Lipinski definition) is 3. The summed E-state index contributed by atoms with van der Waals surface area (Å²) in [5.41, 5.74) is 0. The zero-order valence-corrected chi connectivity index (χ0v) is 9.31. The molecule has 0 saturated heterocycles. The molecule has 0 bridgehead atoms. The highest BCUT2D eigenvalue weighted by Crippen LogP contribution is 2.21. The summed E-state index contributed by atoms with van der Waals surface area (Å²) in [5, 5.41) is 0. The zero-order chi connectivity index (χ0) is 12.1. The Kier molecular flexibility index (Phi) is 5.56. The van der Waals surface area contributed by atoms with Crippen molar-refractivity contribution < 1.29 is 27.5 Å². The second-order valence-corrected chi connectivity index (χ2v) is 3.69. The minimum atomic E-state index is -4.47. The second-order valence-electron chi connectivity index (χ2n) is 2.67. The van der Waals surface area contributed by atoms with Crippen molar-refractivity contribution in [1.29, 1.82) is 0 Å². The second kappa shape index (κ2) is 5.89. The van der Waals surface area contributed by atoms with Gasteiger partial charge in [-0.15, -0.1) is 0 Å². The molecule has 0 aliphatic rings. The number of rotatable bonds is 4. The Balaban J connectivity index is 4.01. The summed E-state index contributed by atoms with van der Waals surface area (Å²) in [7, 11) is 0. The van der Waals surface area contributed by atoms with Gasteiger partial charge >= 0.3 is 12.1 Å². The van der Waals surface area contributed by atoms with Crippen LogP contribution in [0.5, 0.6) is 0 Å². The van der Waals surface area contributed by atoms with E-state index in [4.69, 9.17) is 0 Å². The maximum atomic E-state index is 11.7. The Labute approximate surface area is 92.4 Å². The van der Waals surface area contributed by atoms with Crippen molar-refractivity contribution in [3.05, 3.63) is 10.6 Å². The SMILES string of the molecule is CC(=O)CC(=O)OC/C(Br)=C/C(F)(F)F. The van der Waals surface area contributed by atoms with Crippen molar-refractivity contribution in [2.45, 2.75) is 19.5 Å². The lowest BCUT2D eigenvalue weighted by molar-refractivity contribution is -0.144. The summed E-state index contributed by atoms with van der Waals surface area (Å²) in [6, 6.07) is 0. The van der Waals surface area contributed by atoms with Crippen molar-refractivity contribution in [3.8, 4) is 0 Å². The van der Waals surface area contributed by atoms with E-state index in [0.717, 1.165) is 0 Å². The molecule has 0 aliphatic heterocycles. The van der Waals surface area contributed by atoms with Crippen molar-refractivity contribution in [3.63, 3.8) is 0 Å². The quantitative estimate of drug-likeness (QED) is 0.589. The molecule has 86 valence electrons. The van der Waals surface area contributed by atoms with Gasteiger partial charge < -0.3 is 4.74 Å². The molecular weight excluding hydrogens is 281 g/mol. The van der Waals surface area contributed by atoms with Gasteiger partial charge in [0.05, 0.1) is 0 Å². The van der Waals surface area contributed by atoms with Gasteiger partial charge in [-0.2, -0.15) is 13.2 Å². The van der Waals surface area contributed by atoms with E-state index in [1.54, 1.807) is 0 Å². The first-order chi connectivity index (χ1) is 6.70. The number of alkyl halides is 3. The molecule has 15 heavy (non-hydrogen) atoms. The smallest absolute Gasteiger partial charge is 0.410 e. The monoisotopic (exact) mass is 288 g/mol. The van der Waals surface area contributed by atoms with Crippen molar-refractivity contribution in [2.75, 3.05) is 6.61 Å². The number of allylic oxidation sites excluding steroid dienone is 1. The largest absolute Gasteiger partial charge is 0.460 e. The summed E-state index contributed by atoms with van der Waals surface area (Å²) < 4.78 is 39.3. The summed E-state index contributed by atoms with van der Waals surface area (Å²) in [6.45, 7) is 0.646. The molecule has 0 unspecified atom stereocenters. The van der Waals surface area contributed by atoms with Crippen LogP contribution in [0.15, 0.2) is 10.6 Å². The van der Waals surface area contributed by atoms with E-state index in [2.05, 4.69) is 20.7 Å². The minimum Gasteiger partial charge on any atom is -0.460 e. The Morgan fingerprint density at radius 2 is 1.93 bits per heavy atom. The predicted octanol–water partition coefficient (Wildman–Crippen LogP) is 2.35. The summed E-state index contributed by atoms with van der Waals surface area (Å²) in [5.74, 6) is -1.26. The molecule has 0 radical (unpaired) electrons. The van der Waals surface area contributed by atoms with Crippen LogP contribution in [0.3, 0.4) is 0 Å². The van der Waals surface area contributed by atoms with Crippen LogP contribution in [-0.4, -0.2) is 24.5 Å². The molecule has 0 rings (SSSR count). The Morgan fingerprint density at radius 3 is 2.33 bits per heavy atom. The van der Waals surface area contributed by atoms with Crippen LogP contribution in [-0.2, 0) is 14.3 Å². The molecule has 0 fully saturated rings. The first kappa shape index (κ1) is 14.2. The Bertz CT molecular complexity index is 283. The van der Waals surface area contributed by atoms with Gasteiger partial charge in [-0.3, -0.25) is 9.59 Å². The molecule has 0 aromatic heterocycles. The van der Waals surface area contributed by atoms with Crippen molar-refractivity contribution in [1.82, 2.24) is 0 Å². The van der Waals surface area contributed by atoms with Gasteiger partial charge in [0.2, 0.25) is 0 Å². The van der Waals surface area contributed by atoms with E-state index < -0.39 is 31.0 Å². The number of carbonyl (C=O) groups excluding carboxylic acids is 2. The summed E-state index contributed by atoms with van der Waals surface area (Å²) in [4.78, 5) is 21.2. The van der Waals surface area contributed by atoms with Gasteiger partial charge in [0.25, 0.3) is 0 Å². The Hall–Kier alpha value is -0.850. The van der Waals surface area contributed by atoms with Gasteiger partial charge in [-0.05, 0) is 6.92 Å². The van der Waals surface area contributed by atoms with Crippen LogP contribution >= 0.6 is 15.9 Å². The predicted molar refractivity (Wildman–Crippen MR) is 49.3 cm³/mol. The molecular formula is C8H8BrF3O3. The number of ketones is 1. The molecule has 0 aromatic carbocycles. The van der Waals surface area contributed by atoms with Crippen molar-refractivity contribution >= 4 is 27.7 Å². The van der Waals surface area contributed by atoms with Gasteiger partial charge in [0.15, 0.2) is 0 Å². The lowest BCUT2D eigenvalue weighted by Gasteiger charge is -2.04. The average Bonchev–Trinajstić information content (AvgIpc) is 1.96. The van der Waals surface area contributed by atoms with Crippen molar-refractivity contribution in [2.24, 2.45) is 0 Å². The van der Waals surface area contributed by atoms with Crippen LogP contribution in [0.25, 0.3) is 0 Å². The standard InChI is InChI=1S/C8H8BrF3O3/c1-5(13)2-7(14)15-4-6(9)3-8(10,11)12/h3H,2,4H2,1H3/b6-3-. The normalized spacial score (nSPS) is 12.5. The third-order valence-corrected chi connectivity index (χ3v) is 1.54. The molecule has 0 spiro atoms. The highest BCUT2D eigenvalue weighted by atomic mass is 79.9. The van der Waals surface area contributed by atoms with Gasteiger partial charge in [-0.25, -0.2) is 0 Å². The number of ether oxygens (including phenoxy) is 1. The highest BCUT2D eigenvalue weighted by Gasteiger charge is 2.24. The van der Waals surface area contributed by atoms with Crippen LogP contribution in [0.2, 0.25) is 0 Å². The van der Waals surface area contributed by atoms with Gasteiger partial charge in [-0.1, -0.05) is 15.9 Å².